The van der Waals surface area contributed by atoms with Crippen LogP contribution in [0.1, 0.15) is 0 Å². The van der Waals surface area contributed by atoms with Crippen molar-refractivity contribution in [2.45, 2.75) is 0 Å². The molecule has 0 fully saturated rings. The van der Waals surface area contributed by atoms with Gasteiger partial charge in [-0.2, -0.15) is 0 Å². The summed E-state index contributed by atoms with van der Waals surface area (Å²) in [6.07, 6.45) is 1.43. The normalized spacial score (nSPS) is 10.5. The van der Waals surface area contributed by atoms with Gasteiger partial charge in [-0.05, 0) is 36.4 Å². The summed E-state index contributed by atoms with van der Waals surface area (Å²) in [4.78, 5) is 21.2. The van der Waals surface area contributed by atoms with Gasteiger partial charge in [0.1, 0.15) is 23.6 Å². The molecular formula is C23H20ClN5O3. The van der Waals surface area contributed by atoms with Gasteiger partial charge in [-0.1, -0.05) is 17.7 Å². The molecule has 1 heterocycles. The Morgan fingerprint density at radius 2 is 1.59 bits per heavy atom. The molecule has 0 aliphatic heterocycles. The summed E-state index contributed by atoms with van der Waals surface area (Å²) < 4.78 is 10.7. The van der Waals surface area contributed by atoms with E-state index in [0.29, 0.717) is 39.2 Å². The average molecular weight is 450 g/mol. The number of hydrogen-bond donors (Lipinski definition) is 3. The highest BCUT2D eigenvalue weighted by atomic mass is 35.5. The van der Waals surface area contributed by atoms with Crippen molar-refractivity contribution < 1.29 is 14.3 Å². The first kappa shape index (κ1) is 21.2. The monoisotopic (exact) mass is 449 g/mol. The number of hydrogen-bond acceptors (Lipinski definition) is 6. The number of para-hydroxylation sites is 1. The highest BCUT2D eigenvalue weighted by Crippen LogP contribution is 2.31. The quantitative estimate of drug-likeness (QED) is 0.350. The van der Waals surface area contributed by atoms with Gasteiger partial charge < -0.3 is 25.4 Å². The maximum absolute atomic E-state index is 12.5. The van der Waals surface area contributed by atoms with Gasteiger partial charge in [-0.25, -0.2) is 14.8 Å². The fourth-order valence-corrected chi connectivity index (χ4v) is 3.25. The molecule has 1 aromatic heterocycles. The molecule has 162 valence electrons. The molecular weight excluding hydrogens is 430 g/mol. The molecule has 0 atom stereocenters. The van der Waals surface area contributed by atoms with Crippen molar-refractivity contribution in [3.8, 4) is 11.5 Å². The number of carbonyl (C=O) groups excluding carboxylic acids is 1. The zero-order valence-corrected chi connectivity index (χ0v) is 18.1. The molecule has 3 aromatic carbocycles. The summed E-state index contributed by atoms with van der Waals surface area (Å²) in [5, 5.41) is 10.2. The number of anilines is 4. The topological polar surface area (TPSA) is 97.4 Å². The van der Waals surface area contributed by atoms with Crippen molar-refractivity contribution >= 4 is 51.4 Å². The molecule has 32 heavy (non-hydrogen) atoms. The maximum atomic E-state index is 12.5. The van der Waals surface area contributed by atoms with Gasteiger partial charge in [0.05, 0.1) is 25.4 Å². The lowest BCUT2D eigenvalue weighted by atomic mass is 10.2. The van der Waals surface area contributed by atoms with Crippen molar-refractivity contribution in [3.63, 3.8) is 0 Å². The predicted octanol–water partition coefficient (Wildman–Crippen LogP) is 5.69. The van der Waals surface area contributed by atoms with E-state index in [-0.39, 0.29) is 0 Å². The van der Waals surface area contributed by atoms with E-state index in [4.69, 9.17) is 21.1 Å². The van der Waals surface area contributed by atoms with E-state index >= 15 is 0 Å². The van der Waals surface area contributed by atoms with Gasteiger partial charge in [0.25, 0.3) is 0 Å². The van der Waals surface area contributed by atoms with E-state index in [2.05, 4.69) is 25.9 Å². The molecule has 0 aliphatic rings. The Labute approximate surface area is 189 Å². The standard InChI is InChI=1S/C23H20ClN5O3/c1-31-17-10-16(11-18(12-17)32-2)27-22-19-4-3-5-20(21(19)25-13-26-22)29-23(30)28-15-8-6-14(24)7-9-15/h3-13H,1-2H3,(H,25,26,27)(H2,28,29,30). The Balaban J connectivity index is 1.60. The molecule has 4 rings (SSSR count). The molecule has 8 nitrogen and oxygen atoms in total. The van der Waals surface area contributed by atoms with Crippen LogP contribution >= 0.6 is 11.6 Å². The lowest BCUT2D eigenvalue weighted by molar-refractivity contribution is 0.262. The summed E-state index contributed by atoms with van der Waals surface area (Å²) in [6.45, 7) is 0. The number of amides is 2. The summed E-state index contributed by atoms with van der Waals surface area (Å²) in [5.74, 6) is 1.87. The van der Waals surface area contributed by atoms with E-state index in [9.17, 15) is 4.79 Å². The predicted molar refractivity (Wildman–Crippen MR) is 126 cm³/mol. The van der Waals surface area contributed by atoms with Crippen LogP contribution in [0.3, 0.4) is 0 Å². The summed E-state index contributed by atoms with van der Waals surface area (Å²) >= 11 is 5.89. The van der Waals surface area contributed by atoms with Crippen LogP contribution in [0.5, 0.6) is 11.5 Å². The minimum atomic E-state index is -0.398. The van der Waals surface area contributed by atoms with Gasteiger partial charge in [-0.15, -0.1) is 0 Å². The Bertz CT molecular complexity index is 1240. The number of methoxy groups -OCH3 is 2. The van der Waals surface area contributed by atoms with E-state index in [0.717, 1.165) is 11.1 Å². The van der Waals surface area contributed by atoms with Crippen LogP contribution in [0.2, 0.25) is 5.02 Å². The molecule has 0 unspecified atom stereocenters. The minimum absolute atomic E-state index is 0.398. The maximum Gasteiger partial charge on any atom is 0.323 e. The highest BCUT2D eigenvalue weighted by molar-refractivity contribution is 6.30. The largest absolute Gasteiger partial charge is 0.497 e. The summed E-state index contributed by atoms with van der Waals surface area (Å²) in [6, 6.07) is 17.4. The van der Waals surface area contributed by atoms with Crippen molar-refractivity contribution in [2.75, 3.05) is 30.2 Å². The molecule has 4 aromatic rings. The zero-order chi connectivity index (χ0) is 22.5. The third-order valence-electron chi connectivity index (χ3n) is 4.63. The van der Waals surface area contributed by atoms with E-state index in [1.165, 1.54) is 6.33 Å². The van der Waals surface area contributed by atoms with Crippen LogP contribution < -0.4 is 25.4 Å². The number of aromatic nitrogens is 2. The van der Waals surface area contributed by atoms with Crippen LogP contribution in [0, 0.1) is 0 Å². The molecule has 9 heteroatoms. The third-order valence-corrected chi connectivity index (χ3v) is 4.88. The fourth-order valence-electron chi connectivity index (χ4n) is 3.12. The number of fused-ring (bicyclic) bond motifs is 1. The number of nitrogens with one attached hydrogen (secondary N) is 3. The summed E-state index contributed by atoms with van der Waals surface area (Å²) in [7, 11) is 3.18. The van der Waals surface area contributed by atoms with Crippen LogP contribution in [0.25, 0.3) is 10.9 Å². The van der Waals surface area contributed by atoms with Gasteiger partial charge in [0.2, 0.25) is 0 Å². The van der Waals surface area contributed by atoms with Crippen LogP contribution in [0.15, 0.2) is 67.0 Å². The van der Waals surface area contributed by atoms with Gasteiger partial charge in [-0.3, -0.25) is 0 Å². The van der Waals surface area contributed by atoms with Gasteiger partial charge in [0.15, 0.2) is 0 Å². The number of rotatable bonds is 6. The fraction of sp³-hybridized carbons (Fsp3) is 0.0870. The number of nitrogens with zero attached hydrogens (tertiary/aromatic N) is 2. The second kappa shape index (κ2) is 9.40. The number of halogens is 1. The SMILES string of the molecule is COc1cc(Nc2ncnc3c(NC(=O)Nc4ccc(Cl)cc4)cccc23)cc(OC)c1. The second-order valence-electron chi connectivity index (χ2n) is 6.74. The third kappa shape index (κ3) is 4.81. The second-order valence-corrected chi connectivity index (χ2v) is 7.17. The molecule has 0 aliphatic carbocycles. The van der Waals surface area contributed by atoms with Crippen molar-refractivity contribution in [1.29, 1.82) is 0 Å². The van der Waals surface area contributed by atoms with Crippen LogP contribution in [-0.4, -0.2) is 30.2 Å². The Hall–Kier alpha value is -4.04. The molecule has 0 saturated carbocycles. The molecule has 0 saturated heterocycles. The summed E-state index contributed by atoms with van der Waals surface area (Å²) in [5.41, 5.74) is 2.49. The lowest BCUT2D eigenvalue weighted by Gasteiger charge is -2.13. The van der Waals surface area contributed by atoms with E-state index in [1.54, 1.807) is 50.6 Å². The van der Waals surface area contributed by atoms with Gasteiger partial charge in [0, 0.05) is 40.0 Å². The highest BCUT2D eigenvalue weighted by Gasteiger charge is 2.12. The van der Waals surface area contributed by atoms with Crippen LogP contribution in [-0.2, 0) is 0 Å². The Kier molecular flexibility index (Phi) is 6.23. The minimum Gasteiger partial charge on any atom is -0.497 e. The number of benzene rings is 3. The van der Waals surface area contributed by atoms with Crippen molar-refractivity contribution in [2.24, 2.45) is 0 Å². The first-order valence-electron chi connectivity index (χ1n) is 9.63. The molecule has 0 bridgehead atoms. The molecule has 2 amide bonds. The molecule has 0 radical (unpaired) electrons. The Morgan fingerprint density at radius 3 is 2.28 bits per heavy atom. The smallest absolute Gasteiger partial charge is 0.323 e. The number of urea groups is 1. The van der Waals surface area contributed by atoms with Crippen molar-refractivity contribution in [3.05, 3.63) is 72.0 Å². The van der Waals surface area contributed by atoms with Crippen molar-refractivity contribution in [1.82, 2.24) is 9.97 Å². The molecule has 3 N–H and O–H groups in total. The number of carbonyl (C=O) groups is 1. The first-order chi connectivity index (χ1) is 15.6. The molecule has 0 spiro atoms. The lowest BCUT2D eigenvalue weighted by Crippen LogP contribution is -2.19. The average Bonchev–Trinajstić information content (AvgIpc) is 2.81. The number of ether oxygens (including phenoxy) is 2. The van der Waals surface area contributed by atoms with Crippen LogP contribution in [0.4, 0.5) is 27.7 Å². The first-order valence-corrected chi connectivity index (χ1v) is 10.0. The van der Waals surface area contributed by atoms with Gasteiger partial charge >= 0.3 is 6.03 Å². The van der Waals surface area contributed by atoms with E-state index < -0.39 is 6.03 Å². The Morgan fingerprint density at radius 1 is 0.875 bits per heavy atom. The van der Waals surface area contributed by atoms with E-state index in [1.807, 2.05) is 24.3 Å². The zero-order valence-electron chi connectivity index (χ0n) is 17.3.